The Morgan fingerprint density at radius 3 is 2.50 bits per heavy atom. The minimum atomic E-state index is -0.802. The highest BCUT2D eigenvalue weighted by Crippen LogP contribution is 2.17. The molecule has 0 heterocycles. The molecule has 0 saturated carbocycles. The highest BCUT2D eigenvalue weighted by molar-refractivity contribution is 5.63. The molecule has 0 fully saturated rings. The van der Waals surface area contributed by atoms with E-state index in [1.54, 1.807) is 0 Å². The van der Waals surface area contributed by atoms with Crippen molar-refractivity contribution in [2.45, 2.75) is 20.3 Å². The van der Waals surface area contributed by atoms with E-state index >= 15 is 0 Å². The summed E-state index contributed by atoms with van der Waals surface area (Å²) in [7, 11) is 0. The molecular formula is C12H15NO5. The zero-order valence-corrected chi connectivity index (χ0v) is 10.3. The van der Waals surface area contributed by atoms with Crippen LogP contribution >= 0.6 is 0 Å². The van der Waals surface area contributed by atoms with Gasteiger partial charge in [0.1, 0.15) is 5.75 Å². The molecule has 1 aromatic carbocycles. The Labute approximate surface area is 105 Å². The molecule has 98 valence electrons. The molecule has 0 N–H and O–H groups in total. The summed E-state index contributed by atoms with van der Waals surface area (Å²) in [6, 6.07) is 5.22. The monoisotopic (exact) mass is 253 g/mol. The molecule has 1 aromatic rings. The second kappa shape index (κ2) is 6.58. The normalized spacial score (nSPS) is 11.7. The summed E-state index contributed by atoms with van der Waals surface area (Å²) in [5.41, 5.74) is -0.0599. The Bertz CT molecular complexity index is 415. The average Bonchev–Trinajstić information content (AvgIpc) is 2.36. The van der Waals surface area contributed by atoms with Gasteiger partial charge in [0.2, 0.25) is 0 Å². The van der Waals surface area contributed by atoms with Crippen molar-refractivity contribution in [3.63, 3.8) is 0 Å². The highest BCUT2D eigenvalue weighted by Gasteiger charge is 2.10. The zero-order chi connectivity index (χ0) is 13.5. The molecule has 0 aromatic heterocycles. The predicted molar refractivity (Wildman–Crippen MR) is 64.5 cm³/mol. The Kier molecular flexibility index (Phi) is 5.10. The van der Waals surface area contributed by atoms with E-state index in [9.17, 15) is 14.9 Å². The van der Waals surface area contributed by atoms with Gasteiger partial charge in [-0.15, -0.1) is 0 Å². The first kappa shape index (κ1) is 14.0. The van der Waals surface area contributed by atoms with Gasteiger partial charge < -0.3 is 9.47 Å². The molecule has 0 aliphatic rings. The van der Waals surface area contributed by atoms with E-state index in [0.717, 1.165) is 6.42 Å². The van der Waals surface area contributed by atoms with Gasteiger partial charge in [0.25, 0.3) is 5.69 Å². The van der Waals surface area contributed by atoms with E-state index < -0.39 is 11.1 Å². The number of nitrogens with zero attached hydrogens (tertiary/aromatic N) is 1. The standard InChI is InChI=1S/C12H15NO5/c1-3-9(2)8-17-12(14)18-11-6-4-10(5-7-11)13(15)16/h4-7,9H,3,8H2,1-2H3. The third kappa shape index (κ3) is 4.40. The molecule has 0 amide bonds. The van der Waals surface area contributed by atoms with E-state index in [1.807, 2.05) is 13.8 Å². The van der Waals surface area contributed by atoms with Gasteiger partial charge in [0.15, 0.2) is 0 Å². The third-order valence-electron chi connectivity index (χ3n) is 2.43. The fourth-order valence-electron chi connectivity index (χ4n) is 1.09. The number of non-ortho nitro benzene ring substituents is 1. The summed E-state index contributed by atoms with van der Waals surface area (Å²) in [5.74, 6) is 0.490. The highest BCUT2D eigenvalue weighted by atomic mass is 16.7. The van der Waals surface area contributed by atoms with Crippen molar-refractivity contribution in [1.82, 2.24) is 0 Å². The molecule has 1 atom stereocenters. The molecule has 1 rings (SSSR count). The van der Waals surface area contributed by atoms with E-state index in [-0.39, 0.29) is 17.4 Å². The fraction of sp³-hybridized carbons (Fsp3) is 0.417. The lowest BCUT2D eigenvalue weighted by molar-refractivity contribution is -0.384. The molecule has 0 aliphatic heterocycles. The van der Waals surface area contributed by atoms with Crippen LogP contribution in [-0.2, 0) is 4.74 Å². The number of carbonyl (C=O) groups excluding carboxylic acids is 1. The average molecular weight is 253 g/mol. The Hall–Kier alpha value is -2.11. The van der Waals surface area contributed by atoms with Crippen molar-refractivity contribution in [3.05, 3.63) is 34.4 Å². The molecular weight excluding hydrogens is 238 g/mol. The molecule has 0 saturated heterocycles. The molecule has 0 aliphatic carbocycles. The van der Waals surface area contributed by atoms with Crippen LogP contribution in [-0.4, -0.2) is 17.7 Å². The van der Waals surface area contributed by atoms with Crippen LogP contribution in [0.1, 0.15) is 20.3 Å². The van der Waals surface area contributed by atoms with Crippen LogP contribution in [0.5, 0.6) is 5.75 Å². The zero-order valence-electron chi connectivity index (χ0n) is 10.3. The minimum absolute atomic E-state index is 0.0599. The minimum Gasteiger partial charge on any atom is -0.434 e. The topological polar surface area (TPSA) is 78.7 Å². The van der Waals surface area contributed by atoms with Gasteiger partial charge in [-0.2, -0.15) is 0 Å². The molecule has 1 unspecified atom stereocenters. The van der Waals surface area contributed by atoms with Crippen LogP contribution in [0.2, 0.25) is 0 Å². The van der Waals surface area contributed by atoms with Gasteiger partial charge in [-0.25, -0.2) is 4.79 Å². The van der Waals surface area contributed by atoms with E-state index in [4.69, 9.17) is 9.47 Å². The summed E-state index contributed by atoms with van der Waals surface area (Å²) >= 11 is 0. The molecule has 0 radical (unpaired) electrons. The van der Waals surface area contributed by atoms with Gasteiger partial charge in [-0.1, -0.05) is 20.3 Å². The van der Waals surface area contributed by atoms with Crippen molar-refractivity contribution in [2.75, 3.05) is 6.61 Å². The number of benzene rings is 1. The smallest absolute Gasteiger partial charge is 0.434 e. The van der Waals surface area contributed by atoms with Gasteiger partial charge in [-0.3, -0.25) is 10.1 Å². The van der Waals surface area contributed by atoms with Crippen LogP contribution in [0.3, 0.4) is 0 Å². The lowest BCUT2D eigenvalue weighted by Gasteiger charge is -2.09. The van der Waals surface area contributed by atoms with Gasteiger partial charge >= 0.3 is 6.16 Å². The lowest BCUT2D eigenvalue weighted by atomic mass is 10.1. The Morgan fingerprint density at radius 1 is 1.39 bits per heavy atom. The Morgan fingerprint density at radius 2 is 2.00 bits per heavy atom. The number of nitro groups is 1. The maximum absolute atomic E-state index is 11.3. The van der Waals surface area contributed by atoms with Gasteiger partial charge in [-0.05, 0) is 18.1 Å². The number of carbonyl (C=O) groups is 1. The summed E-state index contributed by atoms with van der Waals surface area (Å²) in [5, 5.41) is 10.4. The van der Waals surface area contributed by atoms with Crippen LogP contribution < -0.4 is 4.74 Å². The summed E-state index contributed by atoms with van der Waals surface area (Å²) < 4.78 is 9.74. The molecule has 0 bridgehead atoms. The quantitative estimate of drug-likeness (QED) is 0.348. The van der Waals surface area contributed by atoms with Crippen molar-refractivity contribution < 1.29 is 19.2 Å². The number of nitro benzene ring substituents is 1. The summed E-state index contributed by atoms with van der Waals surface area (Å²) in [6.07, 6.45) is 0.106. The first-order chi connectivity index (χ1) is 8.52. The first-order valence-corrected chi connectivity index (χ1v) is 5.62. The third-order valence-corrected chi connectivity index (χ3v) is 2.43. The van der Waals surface area contributed by atoms with Crippen molar-refractivity contribution >= 4 is 11.8 Å². The van der Waals surface area contributed by atoms with Crippen LogP contribution in [0, 0.1) is 16.0 Å². The first-order valence-electron chi connectivity index (χ1n) is 5.62. The Balaban J connectivity index is 2.47. The molecule has 6 nitrogen and oxygen atoms in total. The van der Waals surface area contributed by atoms with Gasteiger partial charge in [0, 0.05) is 12.1 Å². The van der Waals surface area contributed by atoms with E-state index in [1.165, 1.54) is 24.3 Å². The SMILES string of the molecule is CCC(C)COC(=O)Oc1ccc([N+](=O)[O-])cc1. The van der Waals surface area contributed by atoms with Crippen LogP contribution in [0.4, 0.5) is 10.5 Å². The van der Waals surface area contributed by atoms with E-state index in [2.05, 4.69) is 0 Å². The van der Waals surface area contributed by atoms with Crippen molar-refractivity contribution in [1.29, 1.82) is 0 Å². The molecule has 6 heteroatoms. The summed E-state index contributed by atoms with van der Waals surface area (Å²) in [4.78, 5) is 21.2. The largest absolute Gasteiger partial charge is 0.513 e. The predicted octanol–water partition coefficient (Wildman–Crippen LogP) is 3.16. The van der Waals surface area contributed by atoms with Gasteiger partial charge in [0.05, 0.1) is 11.5 Å². The fourth-order valence-corrected chi connectivity index (χ4v) is 1.09. The number of rotatable bonds is 5. The molecule has 18 heavy (non-hydrogen) atoms. The van der Waals surface area contributed by atoms with Crippen molar-refractivity contribution in [3.8, 4) is 5.75 Å². The lowest BCUT2D eigenvalue weighted by Crippen LogP contribution is -2.15. The maximum atomic E-state index is 11.3. The van der Waals surface area contributed by atoms with Crippen LogP contribution in [0.15, 0.2) is 24.3 Å². The molecule has 0 spiro atoms. The number of hydrogen-bond donors (Lipinski definition) is 0. The van der Waals surface area contributed by atoms with Crippen molar-refractivity contribution in [2.24, 2.45) is 5.92 Å². The second-order valence-electron chi connectivity index (χ2n) is 3.93. The maximum Gasteiger partial charge on any atom is 0.513 e. The second-order valence-corrected chi connectivity index (χ2v) is 3.93. The van der Waals surface area contributed by atoms with E-state index in [0.29, 0.717) is 6.61 Å². The number of hydrogen-bond acceptors (Lipinski definition) is 5. The van der Waals surface area contributed by atoms with Crippen LogP contribution in [0.25, 0.3) is 0 Å². The number of ether oxygens (including phenoxy) is 2. The summed E-state index contributed by atoms with van der Waals surface area (Å²) in [6.45, 7) is 4.25.